The van der Waals surface area contributed by atoms with Crippen molar-refractivity contribution in [1.29, 1.82) is 0 Å². The molecular formula is C18H24FIN4O2S. The fourth-order valence-electron chi connectivity index (χ4n) is 2.36. The fraction of sp³-hybridized carbons (Fsp3) is 0.278. The van der Waals surface area contributed by atoms with Gasteiger partial charge in [-0.2, -0.15) is 0 Å². The molecular weight excluding hydrogens is 482 g/mol. The van der Waals surface area contributed by atoms with E-state index in [1.807, 2.05) is 6.07 Å². The molecule has 2 aromatic rings. The Hall–Kier alpha value is -1.72. The Morgan fingerprint density at radius 3 is 2.52 bits per heavy atom. The summed E-state index contributed by atoms with van der Waals surface area (Å²) >= 11 is 0. The second-order valence-electron chi connectivity index (χ2n) is 5.55. The molecule has 0 fully saturated rings. The third kappa shape index (κ3) is 7.07. The van der Waals surface area contributed by atoms with E-state index < -0.39 is 10.0 Å². The zero-order valence-electron chi connectivity index (χ0n) is 15.2. The van der Waals surface area contributed by atoms with Crippen LogP contribution in [0.5, 0.6) is 0 Å². The molecule has 0 atom stereocenters. The largest absolute Gasteiger partial charge is 0.356 e. The molecule has 0 saturated heterocycles. The number of hydrogen-bond acceptors (Lipinski definition) is 3. The predicted molar refractivity (Wildman–Crippen MR) is 116 cm³/mol. The smallest absolute Gasteiger partial charge is 0.240 e. The molecule has 0 spiro atoms. The molecule has 0 aliphatic heterocycles. The van der Waals surface area contributed by atoms with Crippen LogP contribution in [-0.2, 0) is 23.0 Å². The van der Waals surface area contributed by atoms with Crippen molar-refractivity contribution in [3.63, 3.8) is 0 Å². The van der Waals surface area contributed by atoms with E-state index in [2.05, 4.69) is 20.3 Å². The molecule has 0 heterocycles. The van der Waals surface area contributed by atoms with Crippen molar-refractivity contribution < 1.29 is 12.8 Å². The molecule has 0 aliphatic carbocycles. The van der Waals surface area contributed by atoms with Gasteiger partial charge in [-0.3, -0.25) is 4.99 Å². The molecule has 0 amide bonds. The van der Waals surface area contributed by atoms with Gasteiger partial charge in [0.1, 0.15) is 5.82 Å². The van der Waals surface area contributed by atoms with E-state index in [4.69, 9.17) is 0 Å². The van der Waals surface area contributed by atoms with Gasteiger partial charge in [0.25, 0.3) is 0 Å². The summed E-state index contributed by atoms with van der Waals surface area (Å²) in [7, 11) is -0.457. The van der Waals surface area contributed by atoms with Gasteiger partial charge < -0.3 is 10.6 Å². The maximum Gasteiger partial charge on any atom is 0.240 e. The van der Waals surface area contributed by atoms with Crippen molar-refractivity contribution in [2.24, 2.45) is 4.99 Å². The van der Waals surface area contributed by atoms with E-state index in [1.165, 1.54) is 19.2 Å². The minimum Gasteiger partial charge on any atom is -0.356 e. The summed E-state index contributed by atoms with van der Waals surface area (Å²) in [5.74, 6) is 0.336. The molecule has 148 valence electrons. The zero-order valence-corrected chi connectivity index (χ0v) is 18.3. The molecule has 0 bridgehead atoms. The molecule has 2 aromatic carbocycles. The summed E-state index contributed by atoms with van der Waals surface area (Å²) in [6, 6.07) is 13.3. The number of benzene rings is 2. The molecule has 0 aromatic heterocycles. The first kappa shape index (κ1) is 23.3. The summed E-state index contributed by atoms with van der Waals surface area (Å²) in [6.45, 7) is 0.932. The van der Waals surface area contributed by atoms with Gasteiger partial charge in [0.2, 0.25) is 10.0 Å². The van der Waals surface area contributed by atoms with Crippen LogP contribution in [0.15, 0.2) is 58.4 Å². The molecule has 0 saturated carbocycles. The lowest BCUT2D eigenvalue weighted by atomic mass is 10.1. The second kappa shape index (κ2) is 11.2. The van der Waals surface area contributed by atoms with Gasteiger partial charge in [-0.05, 0) is 42.8 Å². The average Bonchev–Trinajstić information content (AvgIpc) is 2.66. The van der Waals surface area contributed by atoms with Crippen molar-refractivity contribution >= 4 is 40.0 Å². The van der Waals surface area contributed by atoms with Crippen LogP contribution in [-0.4, -0.2) is 35.0 Å². The van der Waals surface area contributed by atoms with Gasteiger partial charge in [-0.25, -0.2) is 17.5 Å². The third-order valence-corrected chi connectivity index (χ3v) is 5.22. The Bertz CT molecular complexity index is 875. The number of guanidine groups is 1. The molecule has 2 rings (SSSR count). The van der Waals surface area contributed by atoms with E-state index in [0.29, 0.717) is 31.0 Å². The van der Waals surface area contributed by atoms with Crippen LogP contribution in [0.3, 0.4) is 0 Å². The number of nitrogens with zero attached hydrogens (tertiary/aromatic N) is 1. The van der Waals surface area contributed by atoms with Crippen LogP contribution < -0.4 is 15.4 Å². The first-order valence-electron chi connectivity index (χ1n) is 8.16. The highest BCUT2D eigenvalue weighted by Crippen LogP contribution is 2.11. The maximum absolute atomic E-state index is 13.6. The summed E-state index contributed by atoms with van der Waals surface area (Å²) < 4.78 is 39.6. The zero-order chi connectivity index (χ0) is 19.0. The van der Waals surface area contributed by atoms with E-state index >= 15 is 0 Å². The van der Waals surface area contributed by atoms with Crippen LogP contribution in [0.25, 0.3) is 0 Å². The molecule has 27 heavy (non-hydrogen) atoms. The SMILES string of the molecule is CN=C(NCCc1ccccc1F)NCc1cccc(S(=O)(=O)NC)c1.I. The van der Waals surface area contributed by atoms with Crippen molar-refractivity contribution in [3.8, 4) is 0 Å². The highest BCUT2D eigenvalue weighted by atomic mass is 127. The van der Waals surface area contributed by atoms with E-state index in [1.54, 1.807) is 37.4 Å². The second-order valence-corrected chi connectivity index (χ2v) is 7.44. The number of sulfonamides is 1. The lowest BCUT2D eigenvalue weighted by molar-refractivity contribution is 0.588. The summed E-state index contributed by atoms with van der Waals surface area (Å²) in [5, 5.41) is 6.23. The first-order valence-corrected chi connectivity index (χ1v) is 9.65. The Balaban J connectivity index is 0.00000364. The van der Waals surface area contributed by atoms with Crippen molar-refractivity contribution in [1.82, 2.24) is 15.4 Å². The molecule has 0 radical (unpaired) electrons. The molecule has 6 nitrogen and oxygen atoms in total. The number of nitrogens with one attached hydrogen (secondary N) is 3. The number of halogens is 2. The number of aliphatic imine (C=N–C) groups is 1. The topological polar surface area (TPSA) is 82.6 Å². The normalized spacial score (nSPS) is 11.6. The van der Waals surface area contributed by atoms with Crippen LogP contribution >= 0.6 is 24.0 Å². The number of hydrogen-bond donors (Lipinski definition) is 3. The first-order chi connectivity index (χ1) is 12.5. The van der Waals surface area contributed by atoms with Crippen LogP contribution in [0.1, 0.15) is 11.1 Å². The third-order valence-electron chi connectivity index (χ3n) is 3.81. The Morgan fingerprint density at radius 1 is 1.11 bits per heavy atom. The van der Waals surface area contributed by atoms with Crippen LogP contribution in [0, 0.1) is 5.82 Å². The molecule has 0 aliphatic rings. The summed E-state index contributed by atoms with van der Waals surface area (Å²) in [4.78, 5) is 4.32. The minimum absolute atomic E-state index is 0. The van der Waals surface area contributed by atoms with Crippen LogP contribution in [0.4, 0.5) is 4.39 Å². The summed E-state index contributed by atoms with van der Waals surface area (Å²) in [5.41, 5.74) is 1.44. The molecule has 0 unspecified atom stereocenters. The minimum atomic E-state index is -3.47. The van der Waals surface area contributed by atoms with Gasteiger partial charge in [0, 0.05) is 20.1 Å². The van der Waals surface area contributed by atoms with Gasteiger partial charge in [-0.15, -0.1) is 24.0 Å². The summed E-state index contributed by atoms with van der Waals surface area (Å²) in [6.07, 6.45) is 0.531. The van der Waals surface area contributed by atoms with Gasteiger partial charge >= 0.3 is 0 Å². The average molecular weight is 506 g/mol. The Morgan fingerprint density at radius 2 is 1.85 bits per heavy atom. The van der Waals surface area contributed by atoms with E-state index in [9.17, 15) is 12.8 Å². The maximum atomic E-state index is 13.6. The molecule has 3 N–H and O–H groups in total. The highest BCUT2D eigenvalue weighted by Gasteiger charge is 2.11. The lowest BCUT2D eigenvalue weighted by Gasteiger charge is -2.13. The Labute approximate surface area is 176 Å². The lowest BCUT2D eigenvalue weighted by Crippen LogP contribution is -2.38. The van der Waals surface area contributed by atoms with E-state index in [0.717, 1.165) is 5.56 Å². The Kier molecular flexibility index (Phi) is 9.67. The monoisotopic (exact) mass is 506 g/mol. The van der Waals surface area contributed by atoms with Crippen molar-refractivity contribution in [3.05, 3.63) is 65.5 Å². The molecule has 9 heteroatoms. The van der Waals surface area contributed by atoms with Gasteiger partial charge in [-0.1, -0.05) is 30.3 Å². The van der Waals surface area contributed by atoms with Crippen molar-refractivity contribution in [2.75, 3.05) is 20.6 Å². The van der Waals surface area contributed by atoms with Crippen LogP contribution in [0.2, 0.25) is 0 Å². The predicted octanol–water partition coefficient (Wildman–Crippen LogP) is 2.26. The standard InChI is InChI=1S/C18H23FN4O2S.HI/c1-20-18(22-11-10-15-7-3-4-9-17(15)19)23-13-14-6-5-8-16(12-14)26(24,25)21-2;/h3-9,12,21H,10-11,13H2,1-2H3,(H2,20,22,23);1H. The quantitative estimate of drug-likeness (QED) is 0.306. The highest BCUT2D eigenvalue weighted by molar-refractivity contribution is 14.0. The fourth-order valence-corrected chi connectivity index (χ4v) is 3.16. The number of rotatable bonds is 7. The van der Waals surface area contributed by atoms with E-state index in [-0.39, 0.29) is 34.7 Å². The van der Waals surface area contributed by atoms with Crippen molar-refractivity contribution in [2.45, 2.75) is 17.9 Å². The van der Waals surface area contributed by atoms with Gasteiger partial charge in [0.05, 0.1) is 4.90 Å². The van der Waals surface area contributed by atoms with Gasteiger partial charge in [0.15, 0.2) is 5.96 Å².